The van der Waals surface area contributed by atoms with Crippen LogP contribution in [0, 0.1) is 6.92 Å². The van der Waals surface area contributed by atoms with E-state index in [1.807, 2.05) is 0 Å². The molecule has 1 aromatic carbocycles. The highest BCUT2D eigenvalue weighted by Gasteiger charge is 2.21. The van der Waals surface area contributed by atoms with Crippen LogP contribution in [0.4, 0.5) is 5.69 Å². The van der Waals surface area contributed by atoms with E-state index in [2.05, 4.69) is 77.3 Å². The normalized spacial score (nSPS) is 19.8. The molecule has 1 aromatic rings. The summed E-state index contributed by atoms with van der Waals surface area (Å²) in [4.78, 5) is 12.5. The van der Waals surface area contributed by atoms with E-state index < -0.39 is 0 Å². The molecule has 174 valence electrons. The molecule has 2 aliphatic rings. The monoisotopic (exact) mass is 428 g/mol. The Morgan fingerprint density at radius 2 is 1.84 bits per heavy atom. The summed E-state index contributed by atoms with van der Waals surface area (Å²) in [6.07, 6.45) is 3.52. The van der Waals surface area contributed by atoms with Crippen molar-refractivity contribution in [1.29, 1.82) is 0 Å². The number of aryl methyl sites for hydroxylation is 1. The number of nitrogens with one attached hydrogen (secondary N) is 2. The van der Waals surface area contributed by atoms with Gasteiger partial charge in [0.1, 0.15) is 0 Å². The molecule has 0 aliphatic carbocycles. The summed E-state index contributed by atoms with van der Waals surface area (Å²) in [6.45, 7) is 18.7. The number of nitrogens with zero attached hydrogens (tertiary/aromatic N) is 4. The molecule has 0 aromatic heterocycles. The molecule has 0 bridgehead atoms. The number of likely N-dealkylation sites (tertiary alicyclic amines) is 1. The lowest BCUT2D eigenvalue weighted by Crippen LogP contribution is -2.50. The van der Waals surface area contributed by atoms with Gasteiger partial charge in [-0.05, 0) is 64.7 Å². The van der Waals surface area contributed by atoms with Crippen LogP contribution in [-0.2, 0) is 0 Å². The van der Waals surface area contributed by atoms with Gasteiger partial charge in [-0.2, -0.15) is 0 Å². The van der Waals surface area contributed by atoms with Crippen molar-refractivity contribution in [1.82, 2.24) is 20.4 Å². The molecular formula is C25H44N6. The van der Waals surface area contributed by atoms with Crippen LogP contribution in [0.1, 0.15) is 45.6 Å². The van der Waals surface area contributed by atoms with Crippen molar-refractivity contribution < 1.29 is 0 Å². The van der Waals surface area contributed by atoms with Crippen LogP contribution in [-0.4, -0.2) is 86.7 Å². The van der Waals surface area contributed by atoms with Gasteiger partial charge in [-0.15, -0.1) is 0 Å². The second-order valence-corrected chi connectivity index (χ2v) is 9.33. The van der Waals surface area contributed by atoms with E-state index in [4.69, 9.17) is 4.99 Å². The second-order valence-electron chi connectivity index (χ2n) is 9.33. The summed E-state index contributed by atoms with van der Waals surface area (Å²) < 4.78 is 0. The van der Waals surface area contributed by atoms with Gasteiger partial charge in [0, 0.05) is 76.7 Å². The van der Waals surface area contributed by atoms with Gasteiger partial charge >= 0.3 is 0 Å². The molecule has 6 heteroatoms. The minimum Gasteiger partial charge on any atom is -0.369 e. The fourth-order valence-corrected chi connectivity index (χ4v) is 4.61. The Balaban J connectivity index is 1.36. The molecular weight excluding hydrogens is 384 g/mol. The van der Waals surface area contributed by atoms with Crippen LogP contribution in [0.5, 0.6) is 0 Å². The Labute approximate surface area is 190 Å². The highest BCUT2D eigenvalue weighted by molar-refractivity contribution is 5.80. The number of anilines is 1. The Morgan fingerprint density at radius 1 is 1.10 bits per heavy atom. The largest absolute Gasteiger partial charge is 0.369 e. The van der Waals surface area contributed by atoms with Gasteiger partial charge in [0.05, 0.1) is 0 Å². The molecule has 0 unspecified atom stereocenters. The average Bonchev–Trinajstić information content (AvgIpc) is 2.77. The third-order valence-corrected chi connectivity index (χ3v) is 6.59. The molecule has 2 fully saturated rings. The van der Waals surface area contributed by atoms with E-state index in [0.29, 0.717) is 12.1 Å². The zero-order chi connectivity index (χ0) is 22.1. The topological polar surface area (TPSA) is 46.1 Å². The van der Waals surface area contributed by atoms with Gasteiger partial charge in [-0.25, -0.2) is 0 Å². The van der Waals surface area contributed by atoms with Crippen LogP contribution in [0.3, 0.4) is 0 Å². The molecule has 0 radical (unpaired) electrons. The van der Waals surface area contributed by atoms with Gasteiger partial charge in [0.2, 0.25) is 0 Å². The van der Waals surface area contributed by atoms with E-state index in [0.717, 1.165) is 58.2 Å². The predicted molar refractivity (Wildman–Crippen MR) is 133 cm³/mol. The zero-order valence-corrected chi connectivity index (χ0v) is 20.2. The van der Waals surface area contributed by atoms with Crippen molar-refractivity contribution in [3.8, 4) is 0 Å². The molecule has 31 heavy (non-hydrogen) atoms. The number of rotatable bonds is 8. The molecule has 2 N–H and O–H groups in total. The fourth-order valence-electron chi connectivity index (χ4n) is 4.61. The SMILES string of the molecule is CCNC(=NCCCN1CCN(c2cccc(C)c2)CC1)NC1CCN(C(C)C)CC1. The van der Waals surface area contributed by atoms with E-state index >= 15 is 0 Å². The first kappa shape index (κ1) is 23.9. The molecule has 3 rings (SSSR count). The summed E-state index contributed by atoms with van der Waals surface area (Å²) in [7, 11) is 0. The summed E-state index contributed by atoms with van der Waals surface area (Å²) >= 11 is 0. The lowest BCUT2D eigenvalue weighted by Gasteiger charge is -2.36. The summed E-state index contributed by atoms with van der Waals surface area (Å²) in [5.41, 5.74) is 2.71. The molecule has 2 aliphatic heterocycles. The van der Waals surface area contributed by atoms with Crippen molar-refractivity contribution in [3.05, 3.63) is 29.8 Å². The van der Waals surface area contributed by atoms with Gasteiger partial charge in [-0.3, -0.25) is 9.89 Å². The molecule has 0 spiro atoms. The molecule has 0 amide bonds. The molecule has 0 atom stereocenters. The van der Waals surface area contributed by atoms with Gasteiger partial charge < -0.3 is 20.4 Å². The summed E-state index contributed by atoms with van der Waals surface area (Å²) in [5, 5.41) is 7.11. The van der Waals surface area contributed by atoms with Gasteiger partial charge in [0.25, 0.3) is 0 Å². The van der Waals surface area contributed by atoms with Crippen LogP contribution < -0.4 is 15.5 Å². The van der Waals surface area contributed by atoms with Crippen LogP contribution >= 0.6 is 0 Å². The number of hydrogen-bond donors (Lipinski definition) is 2. The molecule has 2 heterocycles. The number of guanidine groups is 1. The van der Waals surface area contributed by atoms with Crippen molar-refractivity contribution in [2.24, 2.45) is 4.99 Å². The van der Waals surface area contributed by atoms with Crippen molar-refractivity contribution in [2.45, 2.75) is 59.0 Å². The Kier molecular flexibility index (Phi) is 9.47. The zero-order valence-electron chi connectivity index (χ0n) is 20.2. The maximum Gasteiger partial charge on any atom is 0.191 e. The first-order valence-corrected chi connectivity index (χ1v) is 12.4. The molecule has 0 saturated carbocycles. The third kappa shape index (κ3) is 7.69. The van der Waals surface area contributed by atoms with Crippen molar-refractivity contribution >= 4 is 11.6 Å². The van der Waals surface area contributed by atoms with Crippen LogP contribution in [0.2, 0.25) is 0 Å². The van der Waals surface area contributed by atoms with E-state index in [1.165, 1.54) is 37.2 Å². The maximum atomic E-state index is 4.86. The van der Waals surface area contributed by atoms with Gasteiger partial charge in [0.15, 0.2) is 5.96 Å². The second kappa shape index (κ2) is 12.3. The van der Waals surface area contributed by atoms with Gasteiger partial charge in [-0.1, -0.05) is 12.1 Å². The number of benzene rings is 1. The first-order chi connectivity index (χ1) is 15.0. The van der Waals surface area contributed by atoms with E-state index in [1.54, 1.807) is 0 Å². The maximum absolute atomic E-state index is 4.86. The fraction of sp³-hybridized carbons (Fsp3) is 0.720. The summed E-state index contributed by atoms with van der Waals surface area (Å²) in [5.74, 6) is 0.995. The first-order valence-electron chi connectivity index (χ1n) is 12.4. The number of hydrogen-bond acceptors (Lipinski definition) is 4. The Hall–Kier alpha value is -1.79. The van der Waals surface area contributed by atoms with E-state index in [-0.39, 0.29) is 0 Å². The molecule has 6 nitrogen and oxygen atoms in total. The highest BCUT2D eigenvalue weighted by Crippen LogP contribution is 2.18. The lowest BCUT2D eigenvalue weighted by molar-refractivity contribution is 0.167. The van der Waals surface area contributed by atoms with Crippen molar-refractivity contribution in [2.75, 3.05) is 63.8 Å². The Morgan fingerprint density at radius 3 is 2.48 bits per heavy atom. The quantitative estimate of drug-likeness (QED) is 0.379. The number of piperazine rings is 1. The minimum atomic E-state index is 0.544. The smallest absolute Gasteiger partial charge is 0.191 e. The average molecular weight is 429 g/mol. The van der Waals surface area contributed by atoms with E-state index in [9.17, 15) is 0 Å². The lowest BCUT2D eigenvalue weighted by atomic mass is 10.0. The minimum absolute atomic E-state index is 0.544. The van der Waals surface area contributed by atoms with Crippen LogP contribution in [0.25, 0.3) is 0 Å². The molecule has 2 saturated heterocycles. The predicted octanol–water partition coefficient (Wildman–Crippen LogP) is 2.94. The van der Waals surface area contributed by atoms with Crippen LogP contribution in [0.15, 0.2) is 29.3 Å². The number of aliphatic imine (C=N–C) groups is 1. The third-order valence-electron chi connectivity index (χ3n) is 6.59. The standard InChI is InChI=1S/C25H44N6/c1-5-26-25(28-23-10-14-30(15-11-23)21(2)3)27-12-7-13-29-16-18-31(19-17-29)24-9-6-8-22(4)20-24/h6,8-9,20-21,23H,5,7,10-19H2,1-4H3,(H2,26,27,28). The number of piperidine rings is 1. The highest BCUT2D eigenvalue weighted by atomic mass is 15.3. The summed E-state index contributed by atoms with van der Waals surface area (Å²) in [6, 6.07) is 10.1. The van der Waals surface area contributed by atoms with Crippen molar-refractivity contribution in [3.63, 3.8) is 0 Å². The Bertz CT molecular complexity index is 672.